The average Bonchev–Trinajstić information content (AvgIpc) is 2.51. The van der Waals surface area contributed by atoms with Crippen LogP contribution in [0.2, 0.25) is 0 Å². The van der Waals surface area contributed by atoms with Gasteiger partial charge in [-0.25, -0.2) is 4.79 Å². The summed E-state index contributed by atoms with van der Waals surface area (Å²) in [6.45, 7) is 0. The van der Waals surface area contributed by atoms with Crippen LogP contribution in [0.5, 0.6) is 0 Å². The van der Waals surface area contributed by atoms with Gasteiger partial charge in [0.25, 0.3) is 0 Å². The van der Waals surface area contributed by atoms with Gasteiger partial charge in [0, 0.05) is 15.9 Å². The number of anilines is 1. The smallest absolute Gasteiger partial charge is 0.319 e. The third-order valence-corrected chi connectivity index (χ3v) is 4.75. The number of carbonyl (C=O) groups is 1. The fourth-order valence-corrected chi connectivity index (χ4v) is 3.44. The summed E-state index contributed by atoms with van der Waals surface area (Å²) in [5.74, 6) is 0. The highest BCUT2D eigenvalue weighted by Crippen LogP contribution is 2.30. The van der Waals surface area contributed by atoms with Crippen LogP contribution in [-0.2, 0) is 0 Å². The van der Waals surface area contributed by atoms with Crippen molar-refractivity contribution in [2.24, 2.45) is 0 Å². The molecule has 2 amide bonds. The van der Waals surface area contributed by atoms with E-state index in [-0.39, 0.29) is 6.03 Å². The van der Waals surface area contributed by atoms with Gasteiger partial charge >= 0.3 is 6.03 Å². The third kappa shape index (κ3) is 3.38. The topological polar surface area (TPSA) is 41.1 Å². The molecule has 0 spiro atoms. The highest BCUT2D eigenvalue weighted by Gasteiger charge is 2.16. The van der Waals surface area contributed by atoms with E-state index in [0.29, 0.717) is 6.04 Å². The van der Waals surface area contributed by atoms with E-state index in [4.69, 9.17) is 0 Å². The van der Waals surface area contributed by atoms with E-state index in [1.165, 1.54) is 19.3 Å². The lowest BCUT2D eigenvalue weighted by atomic mass is 9.96. The first kappa shape index (κ1) is 14.4. The molecule has 0 saturated heterocycles. The molecule has 4 heteroatoms. The first-order valence-electron chi connectivity index (χ1n) is 7.49. The lowest BCUT2D eigenvalue weighted by Gasteiger charge is -2.23. The Labute approximate surface area is 133 Å². The van der Waals surface area contributed by atoms with Gasteiger partial charge in [-0.2, -0.15) is 0 Å². The number of rotatable bonds is 2. The van der Waals surface area contributed by atoms with Gasteiger partial charge in [0.15, 0.2) is 0 Å². The van der Waals surface area contributed by atoms with Gasteiger partial charge in [-0.15, -0.1) is 0 Å². The van der Waals surface area contributed by atoms with Crippen molar-refractivity contribution in [2.75, 3.05) is 5.32 Å². The van der Waals surface area contributed by atoms with E-state index >= 15 is 0 Å². The van der Waals surface area contributed by atoms with Crippen LogP contribution in [0.25, 0.3) is 10.8 Å². The zero-order valence-electron chi connectivity index (χ0n) is 11.9. The Morgan fingerprint density at radius 2 is 1.71 bits per heavy atom. The Bertz CT molecular complexity index is 650. The predicted molar refractivity (Wildman–Crippen MR) is 90.7 cm³/mol. The number of hydrogen-bond donors (Lipinski definition) is 2. The van der Waals surface area contributed by atoms with Crippen LogP contribution in [0.15, 0.2) is 40.9 Å². The predicted octanol–water partition coefficient (Wildman–Crippen LogP) is 5.06. The van der Waals surface area contributed by atoms with Crippen molar-refractivity contribution in [3.63, 3.8) is 0 Å². The molecule has 0 heterocycles. The minimum atomic E-state index is -0.102. The van der Waals surface area contributed by atoms with Crippen LogP contribution in [0.1, 0.15) is 32.1 Å². The normalized spacial score (nSPS) is 15.9. The highest BCUT2D eigenvalue weighted by atomic mass is 79.9. The Hall–Kier alpha value is -1.55. The third-order valence-electron chi connectivity index (χ3n) is 4.06. The lowest BCUT2D eigenvalue weighted by Crippen LogP contribution is -2.39. The summed E-state index contributed by atoms with van der Waals surface area (Å²) >= 11 is 3.55. The summed E-state index contributed by atoms with van der Waals surface area (Å²) in [5.41, 5.74) is 0.849. The van der Waals surface area contributed by atoms with Gasteiger partial charge in [0.05, 0.1) is 5.69 Å². The molecule has 0 radical (unpaired) electrons. The van der Waals surface area contributed by atoms with Gasteiger partial charge in [-0.3, -0.25) is 0 Å². The summed E-state index contributed by atoms with van der Waals surface area (Å²) in [6, 6.07) is 12.2. The average molecular weight is 347 g/mol. The number of carbonyl (C=O) groups excluding carboxylic acids is 1. The molecule has 2 aromatic rings. The van der Waals surface area contributed by atoms with Gasteiger partial charge in [0.1, 0.15) is 0 Å². The van der Waals surface area contributed by atoms with Crippen molar-refractivity contribution in [3.8, 4) is 0 Å². The molecule has 0 unspecified atom stereocenters. The minimum absolute atomic E-state index is 0.102. The van der Waals surface area contributed by atoms with Crippen molar-refractivity contribution in [1.29, 1.82) is 0 Å². The Morgan fingerprint density at radius 3 is 2.48 bits per heavy atom. The Morgan fingerprint density at radius 1 is 1.00 bits per heavy atom. The van der Waals surface area contributed by atoms with E-state index in [1.54, 1.807) is 0 Å². The second kappa shape index (κ2) is 6.48. The van der Waals surface area contributed by atoms with Crippen molar-refractivity contribution < 1.29 is 4.79 Å². The van der Waals surface area contributed by atoms with Crippen molar-refractivity contribution in [2.45, 2.75) is 38.1 Å². The van der Waals surface area contributed by atoms with Crippen LogP contribution < -0.4 is 10.6 Å². The summed E-state index contributed by atoms with van der Waals surface area (Å²) in [6.07, 6.45) is 5.90. The van der Waals surface area contributed by atoms with E-state index in [2.05, 4.69) is 26.6 Å². The van der Waals surface area contributed by atoms with E-state index < -0.39 is 0 Å². The molecule has 1 aliphatic carbocycles. The Kier molecular flexibility index (Phi) is 4.44. The maximum atomic E-state index is 12.2. The van der Waals surface area contributed by atoms with Gasteiger partial charge in [-0.1, -0.05) is 59.5 Å². The summed E-state index contributed by atoms with van der Waals surface area (Å²) in [5, 5.41) is 8.22. The standard InChI is InChI=1S/C17H19BrN2O/c18-15-10-11-16(14-9-5-4-8-13(14)15)20-17(21)19-12-6-2-1-3-7-12/h4-5,8-12H,1-3,6-7H2,(H2,19,20,21). The van der Waals surface area contributed by atoms with Crippen LogP contribution in [0.3, 0.4) is 0 Å². The molecule has 3 rings (SSSR count). The monoisotopic (exact) mass is 346 g/mol. The number of benzene rings is 2. The fourth-order valence-electron chi connectivity index (χ4n) is 2.96. The maximum absolute atomic E-state index is 12.2. The number of urea groups is 1. The first-order chi connectivity index (χ1) is 10.2. The van der Waals surface area contributed by atoms with Crippen LogP contribution in [-0.4, -0.2) is 12.1 Å². The first-order valence-corrected chi connectivity index (χ1v) is 8.28. The number of halogens is 1. The molecule has 0 atom stereocenters. The molecular formula is C17H19BrN2O. The molecule has 2 N–H and O–H groups in total. The SMILES string of the molecule is O=C(Nc1ccc(Br)c2ccccc12)NC1CCCCC1. The van der Waals surface area contributed by atoms with Crippen LogP contribution in [0.4, 0.5) is 10.5 Å². The molecule has 0 aliphatic heterocycles. The van der Waals surface area contributed by atoms with E-state index in [0.717, 1.165) is 33.8 Å². The number of nitrogens with one attached hydrogen (secondary N) is 2. The number of hydrogen-bond acceptors (Lipinski definition) is 1. The largest absolute Gasteiger partial charge is 0.335 e. The van der Waals surface area contributed by atoms with Gasteiger partial charge in [0.2, 0.25) is 0 Å². The van der Waals surface area contributed by atoms with E-state index in [9.17, 15) is 4.79 Å². The lowest BCUT2D eigenvalue weighted by molar-refractivity contribution is 0.244. The maximum Gasteiger partial charge on any atom is 0.319 e. The van der Waals surface area contributed by atoms with Crippen LogP contribution >= 0.6 is 15.9 Å². The molecule has 21 heavy (non-hydrogen) atoms. The quantitative estimate of drug-likeness (QED) is 0.784. The summed E-state index contributed by atoms with van der Waals surface area (Å²) in [4.78, 5) is 12.2. The molecule has 0 aromatic heterocycles. The highest BCUT2D eigenvalue weighted by molar-refractivity contribution is 9.10. The molecule has 3 nitrogen and oxygen atoms in total. The fraction of sp³-hybridized carbons (Fsp3) is 0.353. The molecule has 110 valence electrons. The minimum Gasteiger partial charge on any atom is -0.335 e. The Balaban J connectivity index is 1.75. The van der Waals surface area contributed by atoms with Crippen molar-refractivity contribution >= 4 is 38.4 Å². The molecule has 2 aromatic carbocycles. The summed E-state index contributed by atoms with van der Waals surface area (Å²) < 4.78 is 1.04. The summed E-state index contributed by atoms with van der Waals surface area (Å²) in [7, 11) is 0. The van der Waals surface area contributed by atoms with Gasteiger partial charge < -0.3 is 10.6 Å². The molecule has 1 fully saturated rings. The van der Waals surface area contributed by atoms with Crippen LogP contribution in [0, 0.1) is 0 Å². The molecule has 1 aliphatic rings. The van der Waals surface area contributed by atoms with E-state index in [1.807, 2.05) is 36.4 Å². The number of fused-ring (bicyclic) bond motifs is 1. The van der Waals surface area contributed by atoms with Crippen molar-refractivity contribution in [3.05, 3.63) is 40.9 Å². The number of amides is 2. The zero-order chi connectivity index (χ0) is 14.7. The molecule has 0 bridgehead atoms. The second-order valence-electron chi connectivity index (χ2n) is 5.57. The van der Waals surface area contributed by atoms with Crippen molar-refractivity contribution in [1.82, 2.24) is 5.32 Å². The van der Waals surface area contributed by atoms with Gasteiger partial charge in [-0.05, 0) is 30.4 Å². The zero-order valence-corrected chi connectivity index (χ0v) is 13.4. The molecule has 1 saturated carbocycles. The second-order valence-corrected chi connectivity index (χ2v) is 6.43. The molecular weight excluding hydrogens is 328 g/mol.